The first-order valence-corrected chi connectivity index (χ1v) is 39.8. The molecule has 2 heterocycles. The minimum absolute atomic E-state index is 0.0330. The molecule has 572 valence electrons. The predicted octanol–water partition coefficient (Wildman–Crippen LogP) is 10.6. The van der Waals surface area contributed by atoms with Crippen LogP contribution in [0.2, 0.25) is 0 Å². The molecule has 18 atom stereocenters. The van der Waals surface area contributed by atoms with E-state index in [9.17, 15) is 74.9 Å². The molecule has 2 aliphatic heterocycles. The number of phosphoric acid groups is 1. The van der Waals surface area contributed by atoms with E-state index in [0.29, 0.717) is 19.3 Å². The third-order valence-corrected chi connectivity index (χ3v) is 20.1. The highest BCUT2D eigenvalue weighted by atomic mass is 31.2. The highest BCUT2D eigenvalue weighted by Gasteiger charge is 2.58. The summed E-state index contributed by atoms with van der Waals surface area (Å²) in [5.74, 6) is -1.97. The molecule has 0 aromatic rings. The maximum Gasteiger partial charge on any atom is 0.472 e. The van der Waals surface area contributed by atoms with Gasteiger partial charge in [0.1, 0.15) is 98.7 Å². The van der Waals surface area contributed by atoms with Gasteiger partial charge in [-0.15, -0.1) is 0 Å². The van der Waals surface area contributed by atoms with E-state index in [1.54, 1.807) is 0 Å². The summed E-state index contributed by atoms with van der Waals surface area (Å²) in [5.41, 5.74) is 0. The first-order chi connectivity index (χ1) is 46.8. The molecule has 3 aliphatic rings. The van der Waals surface area contributed by atoms with Gasteiger partial charge in [-0.3, -0.25) is 23.4 Å². The quantitative estimate of drug-likeness (QED) is 0.0117. The van der Waals surface area contributed by atoms with Crippen LogP contribution in [0.4, 0.5) is 0 Å². The normalized spacial score (nSPS) is 27.7. The van der Waals surface area contributed by atoms with Gasteiger partial charge in [0.2, 0.25) is 0 Å². The van der Waals surface area contributed by atoms with Crippen molar-refractivity contribution in [3.05, 3.63) is 0 Å². The topological polar surface area (TPSA) is 374 Å². The second-order valence-corrected chi connectivity index (χ2v) is 29.1. The number of hydrogen-bond donors (Lipinski definition) is 11. The highest BCUT2D eigenvalue weighted by molar-refractivity contribution is 7.47. The Bertz CT molecular complexity index is 2010. The van der Waals surface area contributed by atoms with Crippen molar-refractivity contribution in [3.8, 4) is 0 Å². The van der Waals surface area contributed by atoms with E-state index in [-0.39, 0.29) is 19.3 Å². The molecule has 18 unspecified atom stereocenters. The maximum absolute atomic E-state index is 14.3. The van der Waals surface area contributed by atoms with Gasteiger partial charge in [0.05, 0.1) is 13.2 Å². The zero-order valence-electron chi connectivity index (χ0n) is 59.6. The van der Waals surface area contributed by atoms with E-state index in [1.165, 1.54) is 154 Å². The molecule has 0 spiro atoms. The second-order valence-electron chi connectivity index (χ2n) is 27.7. The van der Waals surface area contributed by atoms with Crippen LogP contribution in [0.15, 0.2) is 0 Å². The van der Waals surface area contributed by atoms with Crippen molar-refractivity contribution < 1.29 is 117 Å². The van der Waals surface area contributed by atoms with Crippen LogP contribution in [0, 0.1) is 0 Å². The first kappa shape index (κ1) is 89.2. The largest absolute Gasteiger partial charge is 0.472 e. The van der Waals surface area contributed by atoms with E-state index in [4.69, 9.17) is 42.2 Å². The lowest BCUT2D eigenvalue weighted by atomic mass is 9.84. The summed E-state index contributed by atoms with van der Waals surface area (Å²) in [6, 6.07) is 0. The number of ether oxygens (including phenoxy) is 7. The summed E-state index contributed by atoms with van der Waals surface area (Å²) in [5, 5.41) is 110. The smallest absolute Gasteiger partial charge is 0.463 e. The van der Waals surface area contributed by atoms with Gasteiger partial charge in [-0.2, -0.15) is 0 Å². The zero-order valence-corrected chi connectivity index (χ0v) is 60.5. The summed E-state index contributed by atoms with van der Waals surface area (Å²) in [6.07, 6.45) is 11.7. The van der Waals surface area contributed by atoms with Crippen LogP contribution in [0.25, 0.3) is 0 Å². The van der Waals surface area contributed by atoms with Crippen molar-refractivity contribution in [2.24, 2.45) is 0 Å². The van der Waals surface area contributed by atoms with E-state index in [0.717, 1.165) is 96.3 Å². The van der Waals surface area contributed by atoms with Crippen molar-refractivity contribution in [2.45, 2.75) is 414 Å². The van der Waals surface area contributed by atoms with Gasteiger partial charge in [-0.05, 0) is 19.3 Å². The molecule has 0 bridgehead atoms. The van der Waals surface area contributed by atoms with Gasteiger partial charge >= 0.3 is 25.7 Å². The molecule has 2 saturated heterocycles. The van der Waals surface area contributed by atoms with Gasteiger partial charge < -0.3 is 89.1 Å². The van der Waals surface area contributed by atoms with Gasteiger partial charge in [-0.25, -0.2) is 4.57 Å². The third-order valence-electron chi connectivity index (χ3n) is 19.1. The minimum Gasteiger partial charge on any atom is -0.463 e. The number of carbonyl (C=O) groups is 3. The van der Waals surface area contributed by atoms with Gasteiger partial charge in [0.15, 0.2) is 18.7 Å². The van der Waals surface area contributed by atoms with Crippen molar-refractivity contribution >= 4 is 25.7 Å². The summed E-state index contributed by atoms with van der Waals surface area (Å²) in [7, 11) is -5.69. The Morgan fingerprint density at radius 3 is 1.01 bits per heavy atom. The summed E-state index contributed by atoms with van der Waals surface area (Å²) < 4.78 is 65.0. The molecule has 11 N–H and O–H groups in total. The number of aliphatic hydroxyl groups excluding tert-OH is 10. The van der Waals surface area contributed by atoms with Crippen molar-refractivity contribution in [2.75, 3.05) is 26.4 Å². The van der Waals surface area contributed by atoms with Crippen LogP contribution >= 0.6 is 7.82 Å². The monoisotopic (exact) mass is 1410 g/mol. The molecule has 3 fully saturated rings. The third kappa shape index (κ3) is 37.8. The Kier molecular flexibility index (Phi) is 50.2. The fourth-order valence-electron chi connectivity index (χ4n) is 12.9. The SMILES string of the molecule is CCCCCCCCCCCCCCCCCCC(=O)OC(COC(=O)CCCCCCCCCCCCC)COP(=O)(O)OC1C(OC2OC(CO)C(O)C(O)C2O)C(O)C(O)C(O)C1OC1OC(COC(=O)CCCCCCCCCCCCCCCCC)C(O)C(O)C1O. The summed E-state index contributed by atoms with van der Waals surface area (Å²) in [6.45, 7) is 3.47. The lowest BCUT2D eigenvalue weighted by molar-refractivity contribution is -0.360. The van der Waals surface area contributed by atoms with Crippen LogP contribution in [0.5, 0.6) is 0 Å². The van der Waals surface area contributed by atoms with Crippen LogP contribution < -0.4 is 0 Å². The number of aliphatic hydroxyl groups is 10. The molecule has 24 nitrogen and oxygen atoms in total. The van der Waals surface area contributed by atoms with E-state index < -0.39 is 156 Å². The molecule has 1 aliphatic carbocycles. The van der Waals surface area contributed by atoms with Crippen LogP contribution in [0.1, 0.15) is 310 Å². The molecule has 1 saturated carbocycles. The van der Waals surface area contributed by atoms with E-state index >= 15 is 0 Å². The lowest BCUT2D eigenvalue weighted by Gasteiger charge is -2.49. The number of hydrogen-bond acceptors (Lipinski definition) is 23. The molecule has 3 rings (SSSR count). The fraction of sp³-hybridized carbons (Fsp3) is 0.958. The Labute approximate surface area is 580 Å². The standard InChI is InChI=1S/C72H135O24P/c1-4-7-10-13-16-19-22-24-26-28-30-33-36-39-42-45-48-58(76)91-53(50-88-56(74)46-43-40-37-34-31-21-18-15-12-9-6-3)51-90-97(86,87)96-70-68(94-71-66(84)61(79)59(77)54(49-73)92-71)64(82)63(81)65(83)69(70)95-72-67(85)62(80)60(78)55(93-72)52-89-57(75)47-44-41-38-35-32-29-27-25-23-20-17-14-11-8-5-2/h53-55,59-73,77-85H,4-52H2,1-3H3,(H,86,87). The Morgan fingerprint density at radius 2 is 0.660 bits per heavy atom. The Morgan fingerprint density at radius 1 is 0.361 bits per heavy atom. The second kappa shape index (κ2) is 54.6. The van der Waals surface area contributed by atoms with Crippen LogP contribution in [0.3, 0.4) is 0 Å². The molecule has 0 radical (unpaired) electrons. The minimum atomic E-state index is -5.69. The van der Waals surface area contributed by atoms with Gasteiger partial charge in [0, 0.05) is 19.3 Å². The number of carbonyl (C=O) groups excluding carboxylic acids is 3. The number of esters is 3. The first-order valence-electron chi connectivity index (χ1n) is 38.3. The number of rotatable bonds is 60. The van der Waals surface area contributed by atoms with E-state index in [2.05, 4.69) is 20.8 Å². The average molecular weight is 1420 g/mol. The average Bonchev–Trinajstić information content (AvgIpc) is 0.768. The molecule has 0 aromatic heterocycles. The van der Waals surface area contributed by atoms with Crippen LogP contribution in [-0.2, 0) is 61.2 Å². The van der Waals surface area contributed by atoms with E-state index in [1.807, 2.05) is 0 Å². The Hall–Kier alpha value is -2.04. The fourth-order valence-corrected chi connectivity index (χ4v) is 13.8. The molecular weight excluding hydrogens is 1280 g/mol. The molecule has 0 aromatic carbocycles. The van der Waals surface area contributed by atoms with Crippen LogP contribution in [-0.4, -0.2) is 204 Å². The molecule has 97 heavy (non-hydrogen) atoms. The molecule has 0 amide bonds. The number of phosphoric ester groups is 1. The van der Waals surface area contributed by atoms with Crippen molar-refractivity contribution in [1.82, 2.24) is 0 Å². The summed E-state index contributed by atoms with van der Waals surface area (Å²) in [4.78, 5) is 51.0. The Balaban J connectivity index is 1.72. The maximum atomic E-state index is 14.3. The lowest BCUT2D eigenvalue weighted by Crippen LogP contribution is -2.69. The summed E-state index contributed by atoms with van der Waals surface area (Å²) >= 11 is 0. The highest BCUT2D eigenvalue weighted by Crippen LogP contribution is 2.49. The molecule has 25 heteroatoms. The van der Waals surface area contributed by atoms with Gasteiger partial charge in [-0.1, -0.05) is 271 Å². The van der Waals surface area contributed by atoms with Crippen molar-refractivity contribution in [1.29, 1.82) is 0 Å². The zero-order chi connectivity index (χ0) is 71.1. The van der Waals surface area contributed by atoms with Gasteiger partial charge in [0.25, 0.3) is 0 Å². The number of unbranched alkanes of at least 4 members (excludes halogenated alkanes) is 39. The molecular formula is C72H135O24P. The predicted molar refractivity (Wildman–Crippen MR) is 365 cm³/mol. The van der Waals surface area contributed by atoms with Crippen molar-refractivity contribution in [3.63, 3.8) is 0 Å².